The van der Waals surface area contributed by atoms with Crippen molar-refractivity contribution in [1.29, 1.82) is 0 Å². The summed E-state index contributed by atoms with van der Waals surface area (Å²) < 4.78 is 0. The second kappa shape index (κ2) is 17.0. The van der Waals surface area contributed by atoms with Gasteiger partial charge in [0.05, 0.1) is 0 Å². The van der Waals surface area contributed by atoms with Gasteiger partial charge in [0.15, 0.2) is 0 Å². The molecule has 0 unspecified atom stereocenters. The average molecular weight is 595 g/mol. The van der Waals surface area contributed by atoms with E-state index in [0.717, 1.165) is 41.3 Å². The van der Waals surface area contributed by atoms with Crippen molar-refractivity contribution in [2.75, 3.05) is 0 Å². The van der Waals surface area contributed by atoms with Crippen LogP contribution in [0.3, 0.4) is 0 Å². The highest BCUT2D eigenvalue weighted by molar-refractivity contribution is 5.96. The van der Waals surface area contributed by atoms with Gasteiger partial charge in [0.2, 0.25) is 0 Å². The molecule has 248 valence electrons. The molecule has 5 fully saturated rings. The minimum atomic E-state index is 0.132. The largest absolute Gasteiger partial charge is 0.298 e. The second-order valence-corrected chi connectivity index (χ2v) is 17.4. The van der Waals surface area contributed by atoms with Crippen LogP contribution in [0.1, 0.15) is 213 Å². The molecule has 0 atom stereocenters. The van der Waals surface area contributed by atoms with Crippen LogP contribution in [0.2, 0.25) is 0 Å². The highest BCUT2D eigenvalue weighted by Gasteiger charge is 2.63. The lowest BCUT2D eigenvalue weighted by atomic mass is 9.42. The summed E-state index contributed by atoms with van der Waals surface area (Å²) in [6.45, 7) is 4.64. The van der Waals surface area contributed by atoms with E-state index in [1.54, 1.807) is 0 Å². The molecule has 0 bridgehead atoms. The smallest absolute Gasteiger partial charge is 0.145 e. The first-order valence-electron chi connectivity index (χ1n) is 20.6. The molecule has 1 heteroatoms. The molecule has 0 radical (unpaired) electrons. The van der Waals surface area contributed by atoms with Gasteiger partial charge in [-0.05, 0) is 119 Å². The van der Waals surface area contributed by atoms with Crippen LogP contribution >= 0.6 is 0 Å². The quantitative estimate of drug-likeness (QED) is 0.162. The molecule has 0 amide bonds. The van der Waals surface area contributed by atoms with Crippen LogP contribution in [0.15, 0.2) is 0 Å². The zero-order valence-corrected chi connectivity index (χ0v) is 29.3. The number of carbonyl (C=O) groups excluding carboxylic acids is 1. The number of Topliss-reactive ketones (excluding diaryl/α,β-unsaturated/α-hetero) is 1. The van der Waals surface area contributed by atoms with Gasteiger partial charge in [-0.2, -0.15) is 0 Å². The van der Waals surface area contributed by atoms with Crippen molar-refractivity contribution in [3.05, 3.63) is 0 Å². The van der Waals surface area contributed by atoms with E-state index in [1.807, 2.05) is 0 Å². The normalized spacial score (nSPS) is 38.4. The molecule has 0 aliphatic heterocycles. The average Bonchev–Trinajstić information content (AvgIpc) is 3.05. The summed E-state index contributed by atoms with van der Waals surface area (Å²) in [5.41, 5.74) is 0.264. The summed E-state index contributed by atoms with van der Waals surface area (Å²) in [7, 11) is 0. The van der Waals surface area contributed by atoms with Crippen LogP contribution in [0.5, 0.6) is 0 Å². The van der Waals surface area contributed by atoms with Crippen LogP contribution in [0.4, 0.5) is 0 Å². The molecule has 0 aromatic carbocycles. The SMILES string of the molecule is CCCCCCCCC1CCC(C2CC[C@]3(CC2)C[C@@]2(CC[C@H](C4CCC(CCCCCCCC)CC4)CC2)C3=O)CC1. The zero-order valence-electron chi connectivity index (χ0n) is 29.3. The van der Waals surface area contributed by atoms with Gasteiger partial charge in [-0.3, -0.25) is 4.79 Å². The van der Waals surface area contributed by atoms with Crippen molar-refractivity contribution in [3.8, 4) is 0 Å². The second-order valence-electron chi connectivity index (χ2n) is 17.4. The molecule has 0 aromatic heterocycles. The van der Waals surface area contributed by atoms with Gasteiger partial charge in [-0.25, -0.2) is 0 Å². The standard InChI is InChI=1S/C42H74O/c1-3-5-7-9-11-13-15-34-17-21-36(22-18-34)38-25-29-41(30-26-38)33-42(40(41)43)31-27-39(28-32-42)37-23-19-35(20-24-37)16-14-12-10-8-6-4-2/h34-39H,3-33H2,1-2H3/t34?,35?,36?,37?,38-,39?,41-,42-. The third-order valence-corrected chi connectivity index (χ3v) is 14.7. The molecule has 1 nitrogen and oxygen atoms in total. The summed E-state index contributed by atoms with van der Waals surface area (Å²) in [4.78, 5) is 13.9. The van der Waals surface area contributed by atoms with Gasteiger partial charge < -0.3 is 0 Å². The Balaban J connectivity index is 0.941. The van der Waals surface area contributed by atoms with Crippen LogP contribution in [0, 0.1) is 46.3 Å². The highest BCUT2D eigenvalue weighted by Crippen LogP contribution is 2.65. The van der Waals surface area contributed by atoms with E-state index in [4.69, 9.17) is 0 Å². The molecular weight excluding hydrogens is 520 g/mol. The Hall–Kier alpha value is -0.330. The molecule has 5 aliphatic carbocycles. The van der Waals surface area contributed by atoms with E-state index in [2.05, 4.69) is 13.8 Å². The minimum Gasteiger partial charge on any atom is -0.298 e. The fourth-order valence-corrected chi connectivity index (χ4v) is 11.7. The van der Waals surface area contributed by atoms with E-state index in [1.165, 1.54) is 199 Å². The van der Waals surface area contributed by atoms with E-state index in [-0.39, 0.29) is 10.8 Å². The molecule has 0 N–H and O–H groups in total. The first-order valence-corrected chi connectivity index (χ1v) is 20.6. The zero-order chi connectivity index (χ0) is 30.0. The molecule has 0 saturated heterocycles. The first-order chi connectivity index (χ1) is 21.1. The van der Waals surface area contributed by atoms with Crippen LogP contribution in [-0.2, 0) is 4.79 Å². The number of ketones is 1. The van der Waals surface area contributed by atoms with Crippen LogP contribution in [0.25, 0.3) is 0 Å². The van der Waals surface area contributed by atoms with E-state index >= 15 is 0 Å². The Labute approximate surface area is 269 Å². The first kappa shape index (κ1) is 34.0. The lowest BCUT2D eigenvalue weighted by molar-refractivity contribution is -0.170. The summed E-state index contributed by atoms with van der Waals surface area (Å²) in [6.07, 6.45) is 44.2. The summed E-state index contributed by atoms with van der Waals surface area (Å²) >= 11 is 0. The van der Waals surface area contributed by atoms with E-state index in [9.17, 15) is 4.79 Å². The van der Waals surface area contributed by atoms with Gasteiger partial charge in [0.1, 0.15) is 5.78 Å². The van der Waals surface area contributed by atoms with Gasteiger partial charge in [-0.15, -0.1) is 0 Å². The Kier molecular flexibility index (Phi) is 13.5. The maximum absolute atomic E-state index is 13.9. The third kappa shape index (κ3) is 8.93. The van der Waals surface area contributed by atoms with Crippen molar-refractivity contribution < 1.29 is 4.79 Å². The molecule has 5 saturated carbocycles. The summed E-state index contributed by atoms with van der Waals surface area (Å²) in [6, 6.07) is 0. The van der Waals surface area contributed by atoms with Crippen molar-refractivity contribution in [3.63, 3.8) is 0 Å². The summed E-state index contributed by atoms with van der Waals surface area (Å²) in [5.74, 6) is 6.68. The minimum absolute atomic E-state index is 0.132. The predicted octanol–water partition coefficient (Wildman–Crippen LogP) is 13.4. The van der Waals surface area contributed by atoms with Crippen LogP contribution in [-0.4, -0.2) is 5.78 Å². The van der Waals surface area contributed by atoms with Gasteiger partial charge >= 0.3 is 0 Å². The van der Waals surface area contributed by atoms with Crippen molar-refractivity contribution in [2.24, 2.45) is 46.3 Å². The van der Waals surface area contributed by atoms with Gasteiger partial charge in [-0.1, -0.05) is 129 Å². The predicted molar refractivity (Wildman–Crippen MR) is 185 cm³/mol. The molecule has 0 aromatic rings. The fourth-order valence-electron chi connectivity index (χ4n) is 11.7. The molecule has 5 aliphatic rings. The number of hydrogen-bond donors (Lipinski definition) is 0. The lowest BCUT2D eigenvalue weighted by Gasteiger charge is -2.60. The molecule has 0 heterocycles. The Morgan fingerprint density at radius 2 is 0.767 bits per heavy atom. The topological polar surface area (TPSA) is 17.1 Å². The Morgan fingerprint density at radius 1 is 0.442 bits per heavy atom. The van der Waals surface area contributed by atoms with Crippen molar-refractivity contribution in [1.82, 2.24) is 0 Å². The van der Waals surface area contributed by atoms with Gasteiger partial charge in [0, 0.05) is 10.8 Å². The highest BCUT2D eigenvalue weighted by atomic mass is 16.1. The molecule has 2 spiro atoms. The number of rotatable bonds is 16. The number of unbranched alkanes of at least 4 members (excludes halogenated alkanes) is 10. The van der Waals surface area contributed by atoms with E-state index in [0.29, 0.717) is 0 Å². The molecular formula is C42H74O. The Morgan fingerprint density at radius 3 is 1.12 bits per heavy atom. The maximum atomic E-state index is 13.9. The summed E-state index contributed by atoms with van der Waals surface area (Å²) in [5, 5.41) is 0. The Bertz CT molecular complexity index is 716. The lowest BCUT2D eigenvalue weighted by Crippen LogP contribution is -2.60. The third-order valence-electron chi connectivity index (χ3n) is 14.7. The van der Waals surface area contributed by atoms with Crippen LogP contribution < -0.4 is 0 Å². The van der Waals surface area contributed by atoms with Gasteiger partial charge in [0.25, 0.3) is 0 Å². The number of hydrogen-bond acceptors (Lipinski definition) is 1. The van der Waals surface area contributed by atoms with E-state index < -0.39 is 0 Å². The number of carbonyl (C=O) groups is 1. The van der Waals surface area contributed by atoms with Crippen molar-refractivity contribution in [2.45, 2.75) is 213 Å². The molecule has 43 heavy (non-hydrogen) atoms. The molecule has 5 rings (SSSR count). The maximum Gasteiger partial charge on any atom is 0.145 e. The monoisotopic (exact) mass is 595 g/mol. The fraction of sp³-hybridized carbons (Fsp3) is 0.976. The van der Waals surface area contributed by atoms with Crippen molar-refractivity contribution >= 4 is 5.78 Å².